The van der Waals surface area contributed by atoms with Gasteiger partial charge in [-0.3, -0.25) is 0 Å². The van der Waals surface area contributed by atoms with E-state index < -0.39 is 15.6 Å². The van der Waals surface area contributed by atoms with Gasteiger partial charge in [0.25, 0.3) is 0 Å². The summed E-state index contributed by atoms with van der Waals surface area (Å²) in [5, 5.41) is 16.5. The second-order valence-corrected chi connectivity index (χ2v) is 7.84. The molecule has 21 heavy (non-hydrogen) atoms. The summed E-state index contributed by atoms with van der Waals surface area (Å²) < 4.78 is 25.1. The van der Waals surface area contributed by atoms with Crippen molar-refractivity contribution in [3.05, 3.63) is 29.8 Å². The lowest BCUT2D eigenvalue weighted by Gasteiger charge is -2.21. The minimum Gasteiger partial charge on any atom is -0.387 e. The first-order chi connectivity index (χ1) is 9.83. The number of β-amino-alcohol motifs (C(OH)–C–C–N with tert-alkyl or cyclic N) is 1. The van der Waals surface area contributed by atoms with Crippen molar-refractivity contribution in [2.24, 2.45) is 0 Å². The van der Waals surface area contributed by atoms with Gasteiger partial charge in [0.1, 0.15) is 0 Å². The van der Waals surface area contributed by atoms with E-state index in [0.29, 0.717) is 19.6 Å². The van der Waals surface area contributed by atoms with Crippen LogP contribution in [-0.4, -0.2) is 57.2 Å². The Morgan fingerprint density at radius 2 is 2.00 bits per heavy atom. The van der Waals surface area contributed by atoms with Crippen LogP contribution in [0.4, 0.5) is 0 Å². The van der Waals surface area contributed by atoms with Crippen molar-refractivity contribution in [1.29, 1.82) is 0 Å². The molecule has 3 N–H and O–H groups in total. The summed E-state index contributed by atoms with van der Waals surface area (Å²) in [6.07, 6.45) is 0.750. The smallest absolute Gasteiger partial charge is 0.242 e. The van der Waals surface area contributed by atoms with Crippen molar-refractivity contribution >= 4 is 10.0 Å². The van der Waals surface area contributed by atoms with E-state index in [1.807, 2.05) is 0 Å². The van der Waals surface area contributed by atoms with E-state index >= 15 is 0 Å². The zero-order valence-corrected chi connectivity index (χ0v) is 13.3. The summed E-state index contributed by atoms with van der Waals surface area (Å²) >= 11 is 0. The summed E-state index contributed by atoms with van der Waals surface area (Å²) in [4.78, 5) is 0.287. The monoisotopic (exact) mass is 313 g/mol. The van der Waals surface area contributed by atoms with Crippen molar-refractivity contribution in [2.75, 3.05) is 33.7 Å². The van der Waals surface area contributed by atoms with E-state index in [-0.39, 0.29) is 4.90 Å². The fourth-order valence-electron chi connectivity index (χ4n) is 2.31. The number of nitrogens with one attached hydrogen (secondary N) is 2. The van der Waals surface area contributed by atoms with Crippen LogP contribution in [0.3, 0.4) is 0 Å². The van der Waals surface area contributed by atoms with E-state index in [1.165, 1.54) is 18.4 Å². The molecule has 1 fully saturated rings. The molecule has 7 heteroatoms. The van der Waals surface area contributed by atoms with E-state index in [1.54, 1.807) is 24.3 Å². The SMILES string of the molecule is CN(C)S(=O)(=O)c1ccc(CNC[C@@]2(O)CCNC2)cc1. The Morgan fingerprint density at radius 1 is 1.33 bits per heavy atom. The molecule has 0 amide bonds. The van der Waals surface area contributed by atoms with Crippen molar-refractivity contribution in [2.45, 2.75) is 23.5 Å². The highest BCUT2D eigenvalue weighted by molar-refractivity contribution is 7.89. The molecule has 1 aliphatic rings. The van der Waals surface area contributed by atoms with Crippen LogP contribution in [0.15, 0.2) is 29.2 Å². The molecule has 0 spiro atoms. The largest absolute Gasteiger partial charge is 0.387 e. The molecule has 0 aliphatic carbocycles. The molecule has 1 aromatic rings. The lowest BCUT2D eigenvalue weighted by atomic mass is 10.0. The van der Waals surface area contributed by atoms with Gasteiger partial charge in [0.05, 0.1) is 10.5 Å². The zero-order chi connectivity index (χ0) is 15.5. The third-order valence-corrected chi connectivity index (χ3v) is 5.54. The molecule has 0 bridgehead atoms. The van der Waals surface area contributed by atoms with Gasteiger partial charge in [-0.1, -0.05) is 12.1 Å². The highest BCUT2D eigenvalue weighted by Gasteiger charge is 2.30. The summed E-state index contributed by atoms with van der Waals surface area (Å²) in [5.74, 6) is 0. The third kappa shape index (κ3) is 4.02. The fraction of sp³-hybridized carbons (Fsp3) is 0.571. The summed E-state index contributed by atoms with van der Waals surface area (Å²) in [5.41, 5.74) is 0.316. The predicted molar refractivity (Wildman–Crippen MR) is 81.5 cm³/mol. The molecule has 6 nitrogen and oxygen atoms in total. The Balaban J connectivity index is 1.91. The quantitative estimate of drug-likeness (QED) is 0.675. The zero-order valence-electron chi connectivity index (χ0n) is 12.5. The van der Waals surface area contributed by atoms with Crippen molar-refractivity contribution in [1.82, 2.24) is 14.9 Å². The summed E-state index contributed by atoms with van der Waals surface area (Å²) in [6, 6.07) is 6.80. The van der Waals surface area contributed by atoms with Gasteiger partial charge in [-0.05, 0) is 30.7 Å². The first kappa shape index (κ1) is 16.4. The van der Waals surface area contributed by atoms with Gasteiger partial charge in [0.15, 0.2) is 0 Å². The molecule has 1 aliphatic heterocycles. The highest BCUT2D eigenvalue weighted by atomic mass is 32.2. The Labute approximate surface area is 126 Å². The molecule has 0 radical (unpaired) electrons. The number of aliphatic hydroxyl groups is 1. The summed E-state index contributed by atoms with van der Waals surface area (Å²) in [7, 11) is -0.342. The Bertz CT molecular complexity index is 564. The minimum absolute atomic E-state index is 0.287. The van der Waals surface area contributed by atoms with Gasteiger partial charge in [-0.2, -0.15) is 0 Å². The van der Waals surface area contributed by atoms with Gasteiger partial charge < -0.3 is 15.7 Å². The number of hydrogen-bond acceptors (Lipinski definition) is 5. The molecule has 0 saturated carbocycles. The molecule has 1 saturated heterocycles. The maximum Gasteiger partial charge on any atom is 0.242 e. The molecular formula is C14H23N3O3S. The van der Waals surface area contributed by atoms with Crippen LogP contribution >= 0.6 is 0 Å². The van der Waals surface area contributed by atoms with Gasteiger partial charge in [-0.25, -0.2) is 12.7 Å². The van der Waals surface area contributed by atoms with Crippen molar-refractivity contribution in [3.63, 3.8) is 0 Å². The first-order valence-electron chi connectivity index (χ1n) is 6.99. The molecule has 118 valence electrons. The van der Waals surface area contributed by atoms with E-state index in [2.05, 4.69) is 10.6 Å². The average molecular weight is 313 g/mol. The molecule has 1 heterocycles. The van der Waals surface area contributed by atoms with E-state index in [9.17, 15) is 13.5 Å². The normalized spacial score (nSPS) is 22.9. The van der Waals surface area contributed by atoms with E-state index in [0.717, 1.165) is 18.5 Å². The number of nitrogens with zero attached hydrogens (tertiary/aromatic N) is 1. The molecule has 1 aromatic carbocycles. The van der Waals surface area contributed by atoms with Gasteiger partial charge in [0, 0.05) is 33.7 Å². The van der Waals surface area contributed by atoms with Crippen LogP contribution in [0.2, 0.25) is 0 Å². The average Bonchev–Trinajstić information content (AvgIpc) is 2.86. The lowest BCUT2D eigenvalue weighted by Crippen LogP contribution is -2.42. The first-order valence-corrected chi connectivity index (χ1v) is 8.43. The predicted octanol–water partition coefficient (Wildman–Crippen LogP) is -0.249. The Hall–Kier alpha value is -0.990. The Kier molecular flexibility index (Phi) is 5.00. The van der Waals surface area contributed by atoms with Crippen molar-refractivity contribution in [3.8, 4) is 0 Å². The maximum atomic E-state index is 11.9. The second kappa shape index (κ2) is 6.41. The third-order valence-electron chi connectivity index (χ3n) is 3.71. The van der Waals surface area contributed by atoms with Crippen molar-refractivity contribution < 1.29 is 13.5 Å². The number of hydrogen-bond donors (Lipinski definition) is 3. The van der Waals surface area contributed by atoms with Crippen LogP contribution in [0.25, 0.3) is 0 Å². The van der Waals surface area contributed by atoms with Crippen LogP contribution in [-0.2, 0) is 16.6 Å². The lowest BCUT2D eigenvalue weighted by molar-refractivity contribution is 0.0609. The maximum absolute atomic E-state index is 11.9. The van der Waals surface area contributed by atoms with Gasteiger partial charge >= 0.3 is 0 Å². The fourth-order valence-corrected chi connectivity index (χ4v) is 3.21. The molecule has 1 atom stereocenters. The van der Waals surface area contributed by atoms with E-state index in [4.69, 9.17) is 0 Å². The molecule has 2 rings (SSSR count). The number of rotatable bonds is 6. The van der Waals surface area contributed by atoms with Crippen LogP contribution in [0, 0.1) is 0 Å². The number of benzene rings is 1. The molecular weight excluding hydrogens is 290 g/mol. The summed E-state index contributed by atoms with van der Waals surface area (Å²) in [6.45, 7) is 2.58. The topological polar surface area (TPSA) is 81.7 Å². The highest BCUT2D eigenvalue weighted by Crippen LogP contribution is 2.15. The van der Waals surface area contributed by atoms with Gasteiger partial charge in [-0.15, -0.1) is 0 Å². The number of sulfonamides is 1. The van der Waals surface area contributed by atoms with Crippen LogP contribution in [0.5, 0.6) is 0 Å². The molecule has 0 unspecified atom stereocenters. The molecule has 0 aromatic heterocycles. The minimum atomic E-state index is -3.37. The Morgan fingerprint density at radius 3 is 2.52 bits per heavy atom. The van der Waals surface area contributed by atoms with Crippen LogP contribution in [0.1, 0.15) is 12.0 Å². The second-order valence-electron chi connectivity index (χ2n) is 5.69. The van der Waals surface area contributed by atoms with Gasteiger partial charge in [0.2, 0.25) is 10.0 Å². The van der Waals surface area contributed by atoms with Crippen LogP contribution < -0.4 is 10.6 Å². The standard InChI is InChI=1S/C14H23N3O3S/c1-17(2)21(19,20)13-5-3-12(4-6-13)9-16-11-14(18)7-8-15-10-14/h3-6,15-16,18H,7-11H2,1-2H3/t14-/m1/s1.